The number of pyridine rings is 2. The first-order valence-corrected chi connectivity index (χ1v) is 6.94. The molecule has 2 aromatic rings. The van der Waals surface area contributed by atoms with Gasteiger partial charge >= 0.3 is 0 Å². The largest absolute Gasteiger partial charge is 0.324 e. The monoisotopic (exact) mass is 269 g/mol. The summed E-state index contributed by atoms with van der Waals surface area (Å²) in [6.45, 7) is 1.83. The van der Waals surface area contributed by atoms with Gasteiger partial charge in [-0.3, -0.25) is 9.78 Å². The molecule has 0 bridgehead atoms. The Morgan fingerprint density at radius 2 is 2.37 bits per heavy atom. The van der Waals surface area contributed by atoms with E-state index in [0.29, 0.717) is 0 Å². The number of aromatic nitrogens is 2. The van der Waals surface area contributed by atoms with E-state index in [4.69, 9.17) is 5.26 Å². The molecule has 0 saturated carbocycles. The van der Waals surface area contributed by atoms with Crippen LogP contribution in [-0.2, 0) is 6.42 Å². The average molecular weight is 269 g/mol. The van der Waals surface area contributed by atoms with E-state index in [2.05, 4.69) is 9.97 Å². The number of H-pyrrole nitrogens is 1. The van der Waals surface area contributed by atoms with Crippen molar-refractivity contribution < 1.29 is 0 Å². The predicted octanol–water partition coefficient (Wildman–Crippen LogP) is 2.27. The molecule has 2 aromatic heterocycles. The van der Waals surface area contributed by atoms with E-state index >= 15 is 0 Å². The Labute approximate surface area is 114 Å². The van der Waals surface area contributed by atoms with Crippen molar-refractivity contribution in [2.75, 3.05) is 5.75 Å². The highest BCUT2D eigenvalue weighted by molar-refractivity contribution is 7.99. The summed E-state index contributed by atoms with van der Waals surface area (Å²) in [4.78, 5) is 20.0. The molecule has 0 aromatic carbocycles. The zero-order chi connectivity index (χ0) is 13.4. The minimum Gasteiger partial charge on any atom is -0.324 e. The Kier molecular flexibility index (Phi) is 2.88. The molecule has 5 heteroatoms. The molecule has 0 saturated heterocycles. The summed E-state index contributed by atoms with van der Waals surface area (Å²) in [7, 11) is 0. The molecule has 0 atom stereocenters. The van der Waals surface area contributed by atoms with E-state index in [-0.39, 0.29) is 11.1 Å². The summed E-state index contributed by atoms with van der Waals surface area (Å²) in [5, 5.41) is 9.13. The van der Waals surface area contributed by atoms with Crippen LogP contribution in [0.4, 0.5) is 0 Å². The van der Waals surface area contributed by atoms with Crippen LogP contribution in [0.25, 0.3) is 11.1 Å². The fourth-order valence-electron chi connectivity index (χ4n) is 2.43. The molecule has 0 spiro atoms. The molecular weight excluding hydrogens is 258 g/mol. The van der Waals surface area contributed by atoms with Crippen LogP contribution in [-0.4, -0.2) is 15.7 Å². The molecule has 3 rings (SSSR count). The summed E-state index contributed by atoms with van der Waals surface area (Å²) >= 11 is 1.75. The number of aryl methyl sites for hydroxylation is 1. The third kappa shape index (κ3) is 1.85. The van der Waals surface area contributed by atoms with Crippen LogP contribution >= 0.6 is 11.8 Å². The highest BCUT2D eigenvalue weighted by atomic mass is 32.2. The van der Waals surface area contributed by atoms with Gasteiger partial charge in [0.15, 0.2) is 0 Å². The summed E-state index contributed by atoms with van der Waals surface area (Å²) in [6.07, 6.45) is 4.36. The molecule has 0 unspecified atom stereocenters. The van der Waals surface area contributed by atoms with Crippen LogP contribution < -0.4 is 5.56 Å². The summed E-state index contributed by atoms with van der Waals surface area (Å²) in [5.41, 5.74) is 3.52. The summed E-state index contributed by atoms with van der Waals surface area (Å²) in [6, 6.07) is 3.97. The van der Waals surface area contributed by atoms with Gasteiger partial charge in [0.2, 0.25) is 0 Å². The van der Waals surface area contributed by atoms with Crippen LogP contribution in [0.5, 0.6) is 0 Å². The second-order valence-corrected chi connectivity index (χ2v) is 5.53. The zero-order valence-electron chi connectivity index (χ0n) is 10.4. The first-order valence-electron chi connectivity index (χ1n) is 5.95. The number of rotatable bonds is 0. The Hall–Kier alpha value is -2.06. The molecule has 19 heavy (non-hydrogen) atoms. The van der Waals surface area contributed by atoms with E-state index in [1.165, 1.54) is 0 Å². The van der Waals surface area contributed by atoms with Gasteiger partial charge in [0.05, 0.1) is 0 Å². The quantitative estimate of drug-likeness (QED) is 0.796. The van der Waals surface area contributed by atoms with Gasteiger partial charge in [0, 0.05) is 39.9 Å². The molecule has 3 heterocycles. The molecule has 1 aliphatic heterocycles. The number of nitriles is 1. The second-order valence-electron chi connectivity index (χ2n) is 4.39. The van der Waals surface area contributed by atoms with Crippen molar-refractivity contribution in [1.29, 1.82) is 5.26 Å². The van der Waals surface area contributed by atoms with Crippen molar-refractivity contribution in [1.82, 2.24) is 9.97 Å². The molecule has 94 valence electrons. The number of aromatic amines is 1. The lowest BCUT2D eigenvalue weighted by atomic mass is 9.96. The Morgan fingerprint density at radius 1 is 1.53 bits per heavy atom. The number of fused-ring (bicyclic) bond motifs is 3. The average Bonchev–Trinajstić information content (AvgIpc) is 2.58. The lowest BCUT2D eigenvalue weighted by Crippen LogP contribution is -2.16. The number of nitrogens with one attached hydrogen (secondary N) is 1. The van der Waals surface area contributed by atoms with Crippen LogP contribution in [0.3, 0.4) is 0 Å². The molecule has 0 radical (unpaired) electrons. The van der Waals surface area contributed by atoms with Gasteiger partial charge in [-0.2, -0.15) is 5.26 Å². The Bertz CT molecular complexity index is 758. The third-order valence-corrected chi connectivity index (χ3v) is 4.39. The number of hydrogen-bond donors (Lipinski definition) is 1. The predicted molar refractivity (Wildman–Crippen MR) is 74.2 cm³/mol. The van der Waals surface area contributed by atoms with E-state index in [1.807, 2.05) is 19.1 Å². The third-order valence-electron chi connectivity index (χ3n) is 3.32. The van der Waals surface area contributed by atoms with Crippen molar-refractivity contribution in [2.24, 2.45) is 0 Å². The van der Waals surface area contributed by atoms with Crippen molar-refractivity contribution in [3.63, 3.8) is 0 Å². The molecule has 4 nitrogen and oxygen atoms in total. The molecular formula is C14H11N3OS. The topological polar surface area (TPSA) is 69.5 Å². The SMILES string of the molecule is Cc1c2c([nH]c(=O)c1C#N)CCSc1ccncc1-2. The lowest BCUT2D eigenvalue weighted by molar-refractivity contribution is 1.01. The van der Waals surface area contributed by atoms with E-state index in [0.717, 1.165) is 39.5 Å². The zero-order valence-corrected chi connectivity index (χ0v) is 11.2. The summed E-state index contributed by atoms with van der Waals surface area (Å²) < 4.78 is 0. The van der Waals surface area contributed by atoms with Gasteiger partial charge < -0.3 is 4.98 Å². The van der Waals surface area contributed by atoms with E-state index in [1.54, 1.807) is 24.2 Å². The highest BCUT2D eigenvalue weighted by Crippen LogP contribution is 2.37. The van der Waals surface area contributed by atoms with Crippen LogP contribution in [0.1, 0.15) is 16.8 Å². The van der Waals surface area contributed by atoms with Gasteiger partial charge in [-0.15, -0.1) is 11.8 Å². The van der Waals surface area contributed by atoms with Gasteiger partial charge in [-0.25, -0.2) is 0 Å². The van der Waals surface area contributed by atoms with Gasteiger partial charge in [0.25, 0.3) is 5.56 Å². The lowest BCUT2D eigenvalue weighted by Gasteiger charge is -2.12. The summed E-state index contributed by atoms with van der Waals surface area (Å²) in [5.74, 6) is 0.908. The van der Waals surface area contributed by atoms with Crippen molar-refractivity contribution in [2.45, 2.75) is 18.2 Å². The normalized spacial score (nSPS) is 13.1. The Balaban J connectivity index is 2.41. The van der Waals surface area contributed by atoms with Crippen LogP contribution in [0, 0.1) is 18.3 Å². The minimum atomic E-state index is -0.295. The minimum absolute atomic E-state index is 0.195. The van der Waals surface area contributed by atoms with Crippen molar-refractivity contribution in [3.05, 3.63) is 45.6 Å². The highest BCUT2D eigenvalue weighted by Gasteiger charge is 2.20. The maximum Gasteiger partial charge on any atom is 0.266 e. The molecule has 0 fully saturated rings. The van der Waals surface area contributed by atoms with Gasteiger partial charge in [-0.1, -0.05) is 0 Å². The van der Waals surface area contributed by atoms with Crippen LogP contribution in [0.2, 0.25) is 0 Å². The van der Waals surface area contributed by atoms with Crippen LogP contribution in [0.15, 0.2) is 28.2 Å². The molecule has 1 aliphatic rings. The number of hydrogen-bond acceptors (Lipinski definition) is 4. The fraction of sp³-hybridized carbons (Fsp3) is 0.214. The molecule has 1 N–H and O–H groups in total. The number of thioether (sulfide) groups is 1. The van der Waals surface area contributed by atoms with Crippen molar-refractivity contribution in [3.8, 4) is 17.2 Å². The molecule has 0 aliphatic carbocycles. The Morgan fingerprint density at radius 3 is 3.16 bits per heavy atom. The second kappa shape index (κ2) is 4.56. The van der Waals surface area contributed by atoms with Crippen molar-refractivity contribution >= 4 is 11.8 Å². The van der Waals surface area contributed by atoms with E-state index in [9.17, 15) is 4.79 Å². The molecule has 0 amide bonds. The first kappa shape index (κ1) is 12.0. The first-order chi connectivity index (χ1) is 9.22. The fourth-order valence-corrected chi connectivity index (χ4v) is 3.42. The van der Waals surface area contributed by atoms with Gasteiger partial charge in [0.1, 0.15) is 11.6 Å². The standard InChI is InChI=1S/C14H11N3OS/c1-8-9(6-15)14(18)17-11-3-5-19-12-2-4-16-7-10(12)13(8)11/h2,4,7H,3,5H2,1H3,(H,17,18). The maximum absolute atomic E-state index is 11.9. The van der Waals surface area contributed by atoms with E-state index < -0.39 is 0 Å². The number of nitrogens with zero attached hydrogens (tertiary/aromatic N) is 2. The van der Waals surface area contributed by atoms with Gasteiger partial charge in [-0.05, 0) is 25.0 Å². The maximum atomic E-state index is 11.9. The smallest absolute Gasteiger partial charge is 0.266 e.